The van der Waals surface area contributed by atoms with Crippen molar-refractivity contribution in [2.75, 3.05) is 5.32 Å². The van der Waals surface area contributed by atoms with E-state index >= 15 is 0 Å². The summed E-state index contributed by atoms with van der Waals surface area (Å²) < 4.78 is 31.4. The summed E-state index contributed by atoms with van der Waals surface area (Å²) in [4.78, 5) is 43.3. The number of hydrogen-bond acceptors (Lipinski definition) is 6. The number of halogens is 2. The van der Waals surface area contributed by atoms with E-state index in [2.05, 4.69) is 20.3 Å². The van der Waals surface area contributed by atoms with Crippen molar-refractivity contribution in [3.8, 4) is 0 Å². The molecule has 0 unspecified atom stereocenters. The highest BCUT2D eigenvalue weighted by atomic mass is 19.2. The van der Waals surface area contributed by atoms with Gasteiger partial charge < -0.3 is 10.1 Å². The molecular formula is C17H14F2N4O4. The molecule has 0 aliphatic carbocycles. The topological polar surface area (TPSA) is 117 Å². The average Bonchev–Trinajstić information content (AvgIpc) is 2.60. The maximum atomic E-state index is 13.4. The lowest BCUT2D eigenvalue weighted by Crippen LogP contribution is -2.24. The summed E-state index contributed by atoms with van der Waals surface area (Å²) in [7, 11) is 0. The summed E-state index contributed by atoms with van der Waals surface area (Å²) >= 11 is 0. The minimum atomic E-state index is -1.03. The van der Waals surface area contributed by atoms with Gasteiger partial charge in [-0.2, -0.15) is 0 Å². The molecule has 3 N–H and O–H groups in total. The molecule has 0 saturated heterocycles. The van der Waals surface area contributed by atoms with Gasteiger partial charge in [0.05, 0.1) is 5.39 Å². The molecule has 8 nitrogen and oxygen atoms in total. The fourth-order valence-corrected chi connectivity index (χ4v) is 2.53. The highest BCUT2D eigenvalue weighted by molar-refractivity contribution is 5.79. The summed E-state index contributed by atoms with van der Waals surface area (Å²) in [6.45, 7) is 1.10. The highest BCUT2D eigenvalue weighted by Crippen LogP contribution is 2.20. The number of ether oxygens (including phenoxy) is 1. The standard InChI is InChI=1S/C17H14F2N4O4/c1-8(24)27-7-9-5-21-15-14(16(25)23-17(26)22-15)11(9)6-20-10-2-3-12(18)13(19)4-10/h2-5,20H,6-7H2,1H3,(H2,21,22,23,25,26). The number of pyridine rings is 1. The zero-order valence-corrected chi connectivity index (χ0v) is 14.1. The molecule has 0 saturated carbocycles. The number of anilines is 1. The van der Waals surface area contributed by atoms with Crippen LogP contribution in [0.2, 0.25) is 0 Å². The van der Waals surface area contributed by atoms with Crippen molar-refractivity contribution in [1.29, 1.82) is 0 Å². The fourth-order valence-electron chi connectivity index (χ4n) is 2.53. The summed E-state index contributed by atoms with van der Waals surface area (Å²) in [6, 6.07) is 3.27. The van der Waals surface area contributed by atoms with Gasteiger partial charge >= 0.3 is 11.7 Å². The second kappa shape index (κ2) is 7.36. The van der Waals surface area contributed by atoms with Crippen molar-refractivity contribution in [2.45, 2.75) is 20.1 Å². The first-order valence-corrected chi connectivity index (χ1v) is 7.80. The minimum Gasteiger partial charge on any atom is -0.461 e. The lowest BCUT2D eigenvalue weighted by atomic mass is 10.1. The van der Waals surface area contributed by atoms with Gasteiger partial charge in [0.25, 0.3) is 5.56 Å². The lowest BCUT2D eigenvalue weighted by Gasteiger charge is -2.13. The van der Waals surface area contributed by atoms with Crippen molar-refractivity contribution in [3.63, 3.8) is 0 Å². The van der Waals surface area contributed by atoms with Crippen molar-refractivity contribution in [3.05, 3.63) is 68.0 Å². The number of H-pyrrole nitrogens is 2. The number of benzene rings is 1. The van der Waals surface area contributed by atoms with Crippen LogP contribution in [0, 0.1) is 11.6 Å². The molecule has 0 atom stereocenters. The normalized spacial score (nSPS) is 10.8. The van der Waals surface area contributed by atoms with Crippen molar-refractivity contribution >= 4 is 22.7 Å². The van der Waals surface area contributed by atoms with Crippen molar-refractivity contribution in [1.82, 2.24) is 15.0 Å². The average molecular weight is 376 g/mol. The third-order valence-electron chi connectivity index (χ3n) is 3.78. The van der Waals surface area contributed by atoms with Crippen LogP contribution in [0.1, 0.15) is 18.1 Å². The molecule has 0 spiro atoms. The molecule has 3 rings (SSSR count). The number of rotatable bonds is 5. The number of carbonyl (C=O) groups excluding carboxylic acids is 1. The predicted molar refractivity (Wildman–Crippen MR) is 92.1 cm³/mol. The molecule has 2 aromatic heterocycles. The van der Waals surface area contributed by atoms with E-state index in [1.807, 2.05) is 0 Å². The number of fused-ring (bicyclic) bond motifs is 1. The molecule has 0 amide bonds. The number of nitrogens with one attached hydrogen (secondary N) is 3. The Hall–Kier alpha value is -3.56. The molecule has 0 radical (unpaired) electrons. The van der Waals surface area contributed by atoms with Crippen LogP contribution in [0.5, 0.6) is 0 Å². The minimum absolute atomic E-state index is 0.00974. The summed E-state index contributed by atoms with van der Waals surface area (Å²) in [5.41, 5.74) is -0.246. The first-order valence-electron chi connectivity index (χ1n) is 7.80. The number of carbonyl (C=O) groups is 1. The highest BCUT2D eigenvalue weighted by Gasteiger charge is 2.15. The summed E-state index contributed by atoms with van der Waals surface area (Å²) in [5, 5.41) is 2.96. The molecule has 1 aromatic carbocycles. The van der Waals surface area contributed by atoms with E-state index < -0.39 is 28.9 Å². The Bertz CT molecular complexity index is 1140. The molecule has 27 heavy (non-hydrogen) atoms. The van der Waals surface area contributed by atoms with Gasteiger partial charge in [0.1, 0.15) is 12.3 Å². The zero-order chi connectivity index (χ0) is 19.6. The number of esters is 1. The Labute approximate surface area is 150 Å². The Morgan fingerprint density at radius 1 is 1.22 bits per heavy atom. The largest absolute Gasteiger partial charge is 0.461 e. The quantitative estimate of drug-likeness (QED) is 0.582. The lowest BCUT2D eigenvalue weighted by molar-refractivity contribution is -0.142. The third kappa shape index (κ3) is 4.00. The molecule has 0 aliphatic heterocycles. The van der Waals surface area contributed by atoms with Crippen LogP contribution in [0.3, 0.4) is 0 Å². The van der Waals surface area contributed by atoms with Crippen LogP contribution >= 0.6 is 0 Å². The van der Waals surface area contributed by atoms with E-state index in [0.29, 0.717) is 11.1 Å². The summed E-state index contributed by atoms with van der Waals surface area (Å²) in [6.07, 6.45) is 1.36. The second-order valence-corrected chi connectivity index (χ2v) is 5.66. The van der Waals surface area contributed by atoms with Crippen LogP contribution in [-0.2, 0) is 22.7 Å². The van der Waals surface area contributed by atoms with E-state index in [0.717, 1.165) is 12.1 Å². The summed E-state index contributed by atoms with van der Waals surface area (Å²) in [5.74, 6) is -2.54. The molecular weight excluding hydrogens is 362 g/mol. The van der Waals surface area contributed by atoms with Crippen LogP contribution in [-0.4, -0.2) is 20.9 Å². The smallest absolute Gasteiger partial charge is 0.327 e. The van der Waals surface area contributed by atoms with Crippen LogP contribution in [0.25, 0.3) is 11.0 Å². The van der Waals surface area contributed by atoms with Crippen LogP contribution in [0.15, 0.2) is 34.0 Å². The zero-order valence-electron chi connectivity index (χ0n) is 14.1. The van der Waals surface area contributed by atoms with Gasteiger partial charge in [-0.05, 0) is 17.7 Å². The van der Waals surface area contributed by atoms with Gasteiger partial charge in [0.15, 0.2) is 11.6 Å². The van der Waals surface area contributed by atoms with Crippen LogP contribution in [0.4, 0.5) is 14.5 Å². The monoisotopic (exact) mass is 376 g/mol. The van der Waals surface area contributed by atoms with E-state index in [-0.39, 0.29) is 29.9 Å². The van der Waals surface area contributed by atoms with Gasteiger partial charge in [0, 0.05) is 37.0 Å². The van der Waals surface area contributed by atoms with Gasteiger partial charge in [0.2, 0.25) is 0 Å². The third-order valence-corrected chi connectivity index (χ3v) is 3.78. The van der Waals surface area contributed by atoms with Gasteiger partial charge in [-0.25, -0.2) is 18.6 Å². The van der Waals surface area contributed by atoms with Gasteiger partial charge in [-0.3, -0.25) is 19.6 Å². The van der Waals surface area contributed by atoms with E-state index in [9.17, 15) is 23.2 Å². The molecule has 2 heterocycles. The molecule has 0 bridgehead atoms. The second-order valence-electron chi connectivity index (χ2n) is 5.66. The van der Waals surface area contributed by atoms with Crippen molar-refractivity contribution < 1.29 is 18.3 Å². The maximum absolute atomic E-state index is 13.4. The molecule has 10 heteroatoms. The Kier molecular flexibility index (Phi) is 4.97. The number of nitrogens with zero attached hydrogens (tertiary/aromatic N) is 1. The Morgan fingerprint density at radius 3 is 2.70 bits per heavy atom. The fraction of sp³-hybridized carbons (Fsp3) is 0.176. The molecule has 0 aliphatic rings. The first kappa shape index (κ1) is 18.2. The Morgan fingerprint density at radius 2 is 2.00 bits per heavy atom. The van der Waals surface area contributed by atoms with Gasteiger partial charge in [-0.15, -0.1) is 0 Å². The SMILES string of the molecule is CC(=O)OCc1cnc2[nH]c(=O)[nH]c(=O)c2c1CNc1ccc(F)c(F)c1. The maximum Gasteiger partial charge on any atom is 0.327 e. The van der Waals surface area contributed by atoms with E-state index in [4.69, 9.17) is 4.74 Å². The number of hydrogen-bond donors (Lipinski definition) is 3. The molecule has 0 fully saturated rings. The Balaban J connectivity index is 2.04. The molecule has 3 aromatic rings. The van der Waals surface area contributed by atoms with E-state index in [1.165, 1.54) is 19.2 Å². The number of aromatic amines is 2. The predicted octanol–water partition coefficient (Wildman–Crippen LogP) is 1.56. The molecule has 140 valence electrons. The van der Waals surface area contributed by atoms with E-state index in [1.54, 1.807) is 0 Å². The van der Waals surface area contributed by atoms with Gasteiger partial charge in [-0.1, -0.05) is 0 Å². The number of aromatic nitrogens is 3. The first-order chi connectivity index (χ1) is 12.8. The van der Waals surface area contributed by atoms with Crippen LogP contribution < -0.4 is 16.6 Å². The van der Waals surface area contributed by atoms with Crippen molar-refractivity contribution in [2.24, 2.45) is 0 Å².